The van der Waals surface area contributed by atoms with Crippen molar-refractivity contribution in [1.82, 2.24) is 4.72 Å². The molecule has 1 aromatic rings. The number of hydrogen-bond donors (Lipinski definition) is 1. The maximum Gasteiger partial charge on any atom is 0.416 e. The summed E-state index contributed by atoms with van der Waals surface area (Å²) >= 11 is 0. The first-order valence-electron chi connectivity index (χ1n) is 5.42. The Kier molecular flexibility index (Phi) is 3.37. The number of sulfonamides is 1. The van der Waals surface area contributed by atoms with Crippen LogP contribution in [0.25, 0.3) is 0 Å². The van der Waals surface area contributed by atoms with Crippen LogP contribution in [0.2, 0.25) is 0 Å². The van der Waals surface area contributed by atoms with Gasteiger partial charge in [-0.05, 0) is 24.5 Å². The summed E-state index contributed by atoms with van der Waals surface area (Å²) in [6.45, 7) is 0. The first-order valence-corrected chi connectivity index (χ1v) is 7.08. The second-order valence-corrected chi connectivity index (χ2v) is 6.10. The van der Waals surface area contributed by atoms with Crippen molar-refractivity contribution < 1.29 is 21.6 Å². The summed E-state index contributed by atoms with van der Waals surface area (Å²) < 4.78 is 63.0. The maximum atomic E-state index is 12.5. The Morgan fingerprint density at radius 3 is 2.50 bits per heavy atom. The molecular weight excluding hydrogens is 267 g/mol. The number of nitrogens with one attached hydrogen (secondary N) is 1. The van der Waals surface area contributed by atoms with Crippen LogP contribution in [0.4, 0.5) is 13.2 Å². The predicted molar refractivity (Wildman–Crippen MR) is 60.2 cm³/mol. The van der Waals surface area contributed by atoms with Gasteiger partial charge in [-0.15, -0.1) is 0 Å². The number of hydrogen-bond acceptors (Lipinski definition) is 2. The largest absolute Gasteiger partial charge is 0.416 e. The minimum absolute atomic E-state index is 0.0409. The van der Waals surface area contributed by atoms with E-state index < -0.39 is 27.5 Å². The van der Waals surface area contributed by atoms with Gasteiger partial charge in [-0.25, -0.2) is 13.1 Å². The van der Waals surface area contributed by atoms with Gasteiger partial charge in [0.15, 0.2) is 0 Å². The molecule has 1 saturated carbocycles. The highest BCUT2D eigenvalue weighted by Crippen LogP contribution is 2.30. The van der Waals surface area contributed by atoms with E-state index in [9.17, 15) is 21.6 Å². The lowest BCUT2D eigenvalue weighted by Gasteiger charge is -2.09. The van der Waals surface area contributed by atoms with Crippen LogP contribution in [0.15, 0.2) is 24.3 Å². The summed E-state index contributed by atoms with van der Waals surface area (Å²) in [4.78, 5) is 0. The number of alkyl halides is 3. The van der Waals surface area contributed by atoms with Crippen LogP contribution in [0.3, 0.4) is 0 Å². The molecule has 0 bridgehead atoms. The number of rotatable bonds is 4. The molecule has 0 radical (unpaired) electrons. The standard InChI is InChI=1S/C11H12F3NO2S/c12-11(13,14)9-3-1-2-8(6-9)7-18(16,17)15-10-4-5-10/h1-3,6,10,15H,4-5,7H2. The molecule has 100 valence electrons. The van der Waals surface area contributed by atoms with Crippen molar-refractivity contribution >= 4 is 10.0 Å². The van der Waals surface area contributed by atoms with E-state index in [0.29, 0.717) is 0 Å². The zero-order chi connectivity index (χ0) is 13.4. The van der Waals surface area contributed by atoms with Crippen molar-refractivity contribution in [3.63, 3.8) is 0 Å². The van der Waals surface area contributed by atoms with Gasteiger partial charge in [-0.2, -0.15) is 13.2 Å². The molecule has 0 heterocycles. The monoisotopic (exact) mass is 279 g/mol. The van der Waals surface area contributed by atoms with Crippen LogP contribution in [0.5, 0.6) is 0 Å². The smallest absolute Gasteiger partial charge is 0.212 e. The molecule has 2 rings (SSSR count). The Labute approximate surface area is 103 Å². The van der Waals surface area contributed by atoms with Crippen molar-refractivity contribution in [1.29, 1.82) is 0 Å². The van der Waals surface area contributed by atoms with Crippen LogP contribution < -0.4 is 4.72 Å². The molecule has 1 fully saturated rings. The van der Waals surface area contributed by atoms with E-state index >= 15 is 0 Å². The highest BCUT2D eigenvalue weighted by Gasteiger charge is 2.31. The molecule has 0 spiro atoms. The van der Waals surface area contributed by atoms with E-state index in [0.717, 1.165) is 25.0 Å². The SMILES string of the molecule is O=S(=O)(Cc1cccc(C(F)(F)F)c1)NC1CC1. The second kappa shape index (κ2) is 4.55. The molecule has 7 heteroatoms. The highest BCUT2D eigenvalue weighted by atomic mass is 32.2. The highest BCUT2D eigenvalue weighted by molar-refractivity contribution is 7.88. The minimum atomic E-state index is -4.45. The molecule has 0 aliphatic heterocycles. The maximum absolute atomic E-state index is 12.5. The lowest BCUT2D eigenvalue weighted by atomic mass is 10.1. The van der Waals surface area contributed by atoms with Crippen LogP contribution in [0.1, 0.15) is 24.0 Å². The van der Waals surface area contributed by atoms with Crippen molar-refractivity contribution in [3.05, 3.63) is 35.4 Å². The van der Waals surface area contributed by atoms with Crippen molar-refractivity contribution in [3.8, 4) is 0 Å². The first kappa shape index (κ1) is 13.4. The molecule has 1 aliphatic carbocycles. The summed E-state index contributed by atoms with van der Waals surface area (Å²) in [7, 11) is -3.55. The van der Waals surface area contributed by atoms with Gasteiger partial charge in [0.05, 0.1) is 11.3 Å². The van der Waals surface area contributed by atoms with Crippen LogP contribution >= 0.6 is 0 Å². The third-order valence-corrected chi connectivity index (χ3v) is 3.94. The van der Waals surface area contributed by atoms with Crippen molar-refractivity contribution in [2.75, 3.05) is 0 Å². The molecular formula is C11H12F3NO2S. The van der Waals surface area contributed by atoms with Crippen LogP contribution in [-0.2, 0) is 22.0 Å². The van der Waals surface area contributed by atoms with Gasteiger partial charge >= 0.3 is 6.18 Å². The Balaban J connectivity index is 2.14. The van der Waals surface area contributed by atoms with E-state index in [-0.39, 0.29) is 11.6 Å². The second-order valence-electron chi connectivity index (χ2n) is 4.35. The molecule has 0 aromatic heterocycles. The van der Waals surface area contributed by atoms with Gasteiger partial charge < -0.3 is 0 Å². The fourth-order valence-corrected chi connectivity index (χ4v) is 3.00. The Morgan fingerprint density at radius 1 is 1.28 bits per heavy atom. The Hall–Kier alpha value is -1.08. The van der Waals surface area contributed by atoms with Crippen LogP contribution in [-0.4, -0.2) is 14.5 Å². The Morgan fingerprint density at radius 2 is 1.94 bits per heavy atom. The number of benzene rings is 1. The van der Waals surface area contributed by atoms with Gasteiger partial charge in [0.1, 0.15) is 0 Å². The fourth-order valence-electron chi connectivity index (χ4n) is 1.55. The van der Waals surface area contributed by atoms with Gasteiger partial charge in [-0.1, -0.05) is 18.2 Å². The molecule has 1 aliphatic rings. The minimum Gasteiger partial charge on any atom is -0.212 e. The third-order valence-electron chi connectivity index (χ3n) is 2.53. The molecule has 3 nitrogen and oxygen atoms in total. The quantitative estimate of drug-likeness (QED) is 0.919. The summed E-state index contributed by atoms with van der Waals surface area (Å²) in [6.07, 6.45) is -2.87. The zero-order valence-corrected chi connectivity index (χ0v) is 10.2. The van der Waals surface area contributed by atoms with E-state index in [1.807, 2.05) is 0 Å². The molecule has 1 aromatic carbocycles. The Bertz CT molecular complexity index is 535. The predicted octanol–water partition coefficient (Wildman–Crippen LogP) is 2.29. The molecule has 0 unspecified atom stereocenters. The van der Waals surface area contributed by atoms with Gasteiger partial charge in [0.2, 0.25) is 10.0 Å². The normalized spacial score (nSPS) is 16.8. The first-order chi connectivity index (χ1) is 8.26. The van der Waals surface area contributed by atoms with Gasteiger partial charge in [0, 0.05) is 6.04 Å². The van der Waals surface area contributed by atoms with E-state index in [4.69, 9.17) is 0 Å². The van der Waals surface area contributed by atoms with Crippen molar-refractivity contribution in [2.45, 2.75) is 30.8 Å². The molecule has 0 saturated heterocycles. The molecule has 18 heavy (non-hydrogen) atoms. The van der Waals surface area contributed by atoms with E-state index in [1.54, 1.807) is 0 Å². The molecule has 0 amide bonds. The third kappa shape index (κ3) is 3.71. The van der Waals surface area contributed by atoms with E-state index in [1.165, 1.54) is 12.1 Å². The number of halogens is 3. The fraction of sp³-hybridized carbons (Fsp3) is 0.455. The zero-order valence-electron chi connectivity index (χ0n) is 9.37. The van der Waals surface area contributed by atoms with Crippen LogP contribution in [0, 0.1) is 0 Å². The lowest BCUT2D eigenvalue weighted by molar-refractivity contribution is -0.137. The lowest BCUT2D eigenvalue weighted by Crippen LogP contribution is -2.27. The topological polar surface area (TPSA) is 46.2 Å². The van der Waals surface area contributed by atoms with Gasteiger partial charge in [-0.3, -0.25) is 0 Å². The summed E-state index contributed by atoms with van der Waals surface area (Å²) in [6, 6.07) is 4.34. The van der Waals surface area contributed by atoms with E-state index in [2.05, 4.69) is 4.72 Å². The molecule has 0 atom stereocenters. The van der Waals surface area contributed by atoms with Crippen molar-refractivity contribution in [2.24, 2.45) is 0 Å². The average Bonchev–Trinajstić information content (AvgIpc) is 2.99. The summed E-state index contributed by atoms with van der Waals surface area (Å²) in [5, 5.41) is 0. The summed E-state index contributed by atoms with van der Waals surface area (Å²) in [5.41, 5.74) is -0.695. The molecule has 1 N–H and O–H groups in total. The van der Waals surface area contributed by atoms with Gasteiger partial charge in [0.25, 0.3) is 0 Å². The average molecular weight is 279 g/mol. The summed E-state index contributed by atoms with van der Waals surface area (Å²) in [5.74, 6) is -0.423.